The highest BCUT2D eigenvalue weighted by atomic mass is 35.5. The summed E-state index contributed by atoms with van der Waals surface area (Å²) in [5, 5.41) is 11.7. The molecule has 3 aliphatic rings. The lowest BCUT2D eigenvalue weighted by atomic mass is 9.69. The molecule has 0 aromatic heterocycles. The van der Waals surface area contributed by atoms with Gasteiger partial charge in [-0.15, -0.1) is 0 Å². The zero-order valence-electron chi connectivity index (χ0n) is 27.0. The molecule has 9 heteroatoms. The molecule has 2 heterocycles. The minimum atomic E-state index is -1.50. The molecule has 2 aromatic rings. The summed E-state index contributed by atoms with van der Waals surface area (Å²) < 4.78 is 22.2. The molecule has 7 unspecified atom stereocenters. The third-order valence-electron chi connectivity index (χ3n) is 9.71. The highest BCUT2D eigenvalue weighted by Crippen LogP contribution is 2.43. The molecule has 7 atom stereocenters. The standard InChI is InChI=1S/C32H43ClN2O4S.C3H8S/c1-4-6-22-15-26(33)11-13-27(22)25-18-35-17-24-9-12-28(24)30(36)8-5-7-20(2)21(3)40(38)34-32(37)23-10-14-31(39-19-25)29(35)16-23;1-3-4-2/h10-11,13-16,20-21,24-25,28,30,36H,4-9,12,17-19H2,1-3H3,(H,34,37);3H2,1-2H3. The van der Waals surface area contributed by atoms with Crippen LogP contribution >= 0.6 is 23.4 Å². The van der Waals surface area contributed by atoms with Gasteiger partial charge in [-0.2, -0.15) is 11.8 Å². The van der Waals surface area contributed by atoms with Gasteiger partial charge in [0, 0.05) is 29.6 Å². The fourth-order valence-electron chi connectivity index (χ4n) is 6.62. The molecule has 0 radical (unpaired) electrons. The van der Waals surface area contributed by atoms with Gasteiger partial charge in [0.2, 0.25) is 0 Å². The molecule has 0 spiro atoms. The van der Waals surface area contributed by atoms with Gasteiger partial charge in [-0.1, -0.05) is 51.3 Å². The van der Waals surface area contributed by atoms with Crippen LogP contribution in [0.25, 0.3) is 0 Å². The fourth-order valence-corrected chi connectivity index (χ4v) is 7.86. The predicted molar refractivity (Wildman–Crippen MR) is 187 cm³/mol. The van der Waals surface area contributed by atoms with Gasteiger partial charge in [-0.3, -0.25) is 9.52 Å². The van der Waals surface area contributed by atoms with Gasteiger partial charge < -0.3 is 14.7 Å². The van der Waals surface area contributed by atoms with Crippen LogP contribution in [0.5, 0.6) is 5.75 Å². The van der Waals surface area contributed by atoms with E-state index >= 15 is 0 Å². The molecule has 2 N–H and O–H groups in total. The zero-order chi connectivity index (χ0) is 31.8. The smallest absolute Gasteiger partial charge is 0.263 e. The Morgan fingerprint density at radius 3 is 2.55 bits per heavy atom. The minimum Gasteiger partial charge on any atom is -0.491 e. The van der Waals surface area contributed by atoms with Crippen LogP contribution in [0.15, 0.2) is 36.4 Å². The molecule has 2 aromatic carbocycles. The molecule has 44 heavy (non-hydrogen) atoms. The largest absolute Gasteiger partial charge is 0.491 e. The van der Waals surface area contributed by atoms with Crippen molar-refractivity contribution in [3.05, 3.63) is 58.1 Å². The Balaban J connectivity index is 0.00000104. The number of aryl methyl sites for hydroxylation is 1. The lowest BCUT2D eigenvalue weighted by molar-refractivity contribution is 0.00888. The van der Waals surface area contributed by atoms with E-state index in [1.165, 1.54) is 16.9 Å². The lowest BCUT2D eigenvalue weighted by Crippen LogP contribution is -2.44. The van der Waals surface area contributed by atoms with Crippen molar-refractivity contribution in [2.24, 2.45) is 17.8 Å². The normalized spacial score (nSPS) is 29.1. The van der Waals surface area contributed by atoms with Crippen molar-refractivity contribution in [1.29, 1.82) is 0 Å². The van der Waals surface area contributed by atoms with E-state index in [0.717, 1.165) is 74.5 Å². The summed E-state index contributed by atoms with van der Waals surface area (Å²) in [6.45, 7) is 10.4. The molecule has 0 saturated heterocycles. The summed E-state index contributed by atoms with van der Waals surface area (Å²) in [5.41, 5.74) is 3.88. The van der Waals surface area contributed by atoms with Crippen molar-refractivity contribution in [1.82, 2.24) is 4.72 Å². The second-order valence-corrected chi connectivity index (χ2v) is 15.8. The van der Waals surface area contributed by atoms with Crippen LogP contribution in [0, 0.1) is 17.8 Å². The Labute approximate surface area is 276 Å². The van der Waals surface area contributed by atoms with Gasteiger partial charge in [0.1, 0.15) is 16.7 Å². The van der Waals surface area contributed by atoms with Gasteiger partial charge in [0.05, 0.1) is 23.6 Å². The van der Waals surface area contributed by atoms with Crippen LogP contribution in [0.1, 0.15) is 93.6 Å². The van der Waals surface area contributed by atoms with Gasteiger partial charge in [-0.05, 0) is 110 Å². The third kappa shape index (κ3) is 8.74. The number of rotatable bonds is 4. The number of halogens is 1. The number of thioether (sulfide) groups is 1. The minimum absolute atomic E-state index is 0.132. The molecule has 244 valence electrons. The van der Waals surface area contributed by atoms with E-state index in [2.05, 4.69) is 48.8 Å². The monoisotopic (exact) mass is 662 g/mol. The number of aliphatic hydroxyl groups excluding tert-OH is 1. The highest BCUT2D eigenvalue weighted by molar-refractivity contribution is 7.98. The molecule has 2 aliphatic heterocycles. The van der Waals surface area contributed by atoms with E-state index in [-0.39, 0.29) is 35.0 Å². The summed E-state index contributed by atoms with van der Waals surface area (Å²) in [4.78, 5) is 15.6. The SMILES string of the molecule is CCCc1cc(Cl)ccc1C1COc2ccc3cc2N(C1)CC1CCC1C(O)CCCC(C)C(C)S(=O)NC3=O.CCSC. The van der Waals surface area contributed by atoms with Crippen molar-refractivity contribution in [3.8, 4) is 5.75 Å². The number of hydrogen-bond donors (Lipinski definition) is 2. The average molecular weight is 663 g/mol. The fraction of sp³-hybridized carbons (Fsp3) is 0.629. The summed E-state index contributed by atoms with van der Waals surface area (Å²) in [7, 11) is -1.50. The number of nitrogens with one attached hydrogen (secondary N) is 1. The number of anilines is 1. The number of amides is 1. The van der Waals surface area contributed by atoms with Gasteiger partial charge in [0.15, 0.2) is 0 Å². The van der Waals surface area contributed by atoms with Gasteiger partial charge >= 0.3 is 0 Å². The molecule has 1 amide bonds. The van der Waals surface area contributed by atoms with Crippen molar-refractivity contribution in [2.45, 2.75) is 89.9 Å². The molecule has 6 nitrogen and oxygen atoms in total. The summed E-state index contributed by atoms with van der Waals surface area (Å²) in [5.74, 6) is 2.64. The van der Waals surface area contributed by atoms with Crippen molar-refractivity contribution >= 4 is 45.9 Å². The Bertz CT molecular complexity index is 1280. The quantitative estimate of drug-likeness (QED) is 0.351. The number of benzene rings is 2. The summed E-state index contributed by atoms with van der Waals surface area (Å²) in [6.07, 6.45) is 8.42. The Morgan fingerprint density at radius 2 is 1.86 bits per heavy atom. The number of ether oxygens (including phenoxy) is 1. The molecule has 1 aliphatic carbocycles. The first-order chi connectivity index (χ1) is 21.2. The lowest BCUT2D eigenvalue weighted by Gasteiger charge is -2.43. The highest BCUT2D eigenvalue weighted by Gasteiger charge is 2.39. The molecule has 2 bridgehead atoms. The number of carbonyl (C=O) groups excluding carboxylic acids is 1. The van der Waals surface area contributed by atoms with E-state index in [1.807, 2.05) is 36.9 Å². The van der Waals surface area contributed by atoms with Crippen LogP contribution < -0.4 is 14.4 Å². The number of carbonyl (C=O) groups is 1. The first-order valence-electron chi connectivity index (χ1n) is 16.3. The zero-order valence-corrected chi connectivity index (χ0v) is 29.4. The van der Waals surface area contributed by atoms with E-state index < -0.39 is 11.0 Å². The van der Waals surface area contributed by atoms with E-state index in [0.29, 0.717) is 18.1 Å². The topological polar surface area (TPSA) is 78.9 Å². The molecule has 5 rings (SSSR count). The van der Waals surface area contributed by atoms with Crippen molar-refractivity contribution < 1.29 is 18.8 Å². The predicted octanol–water partition coefficient (Wildman–Crippen LogP) is 7.63. The average Bonchev–Trinajstić information content (AvgIpc) is 3.17. The first-order valence-corrected chi connectivity index (χ1v) is 19.3. The maximum absolute atomic E-state index is 13.2. The maximum Gasteiger partial charge on any atom is 0.263 e. The number of hydrogen-bond acceptors (Lipinski definition) is 6. The maximum atomic E-state index is 13.2. The number of fused-ring (bicyclic) bond motifs is 2. The van der Waals surface area contributed by atoms with Gasteiger partial charge in [-0.25, -0.2) is 4.21 Å². The van der Waals surface area contributed by atoms with Crippen LogP contribution in [0.4, 0.5) is 5.69 Å². The van der Waals surface area contributed by atoms with Crippen molar-refractivity contribution in [2.75, 3.05) is 36.6 Å². The van der Waals surface area contributed by atoms with Crippen LogP contribution in [-0.4, -0.2) is 58.3 Å². The summed E-state index contributed by atoms with van der Waals surface area (Å²) in [6, 6.07) is 11.7. The molecular weight excluding hydrogens is 612 g/mol. The number of nitrogens with zero attached hydrogens (tertiary/aromatic N) is 1. The van der Waals surface area contributed by atoms with E-state index in [4.69, 9.17) is 16.3 Å². The Morgan fingerprint density at radius 1 is 1.09 bits per heavy atom. The molecule has 1 fully saturated rings. The van der Waals surface area contributed by atoms with Crippen LogP contribution in [-0.2, 0) is 17.4 Å². The first kappa shape index (κ1) is 35.1. The summed E-state index contributed by atoms with van der Waals surface area (Å²) >= 11 is 8.24. The Hall–Kier alpha value is -1.74. The Kier molecular flexibility index (Phi) is 13.3. The third-order valence-corrected chi connectivity index (χ3v) is 12.1. The van der Waals surface area contributed by atoms with Crippen LogP contribution in [0.3, 0.4) is 0 Å². The molecule has 1 saturated carbocycles. The van der Waals surface area contributed by atoms with E-state index in [9.17, 15) is 14.1 Å². The second kappa shape index (κ2) is 16.7. The van der Waals surface area contributed by atoms with E-state index in [1.54, 1.807) is 6.07 Å². The van der Waals surface area contributed by atoms with Crippen LogP contribution in [0.2, 0.25) is 5.02 Å². The second-order valence-electron chi connectivity index (χ2n) is 12.7. The van der Waals surface area contributed by atoms with Gasteiger partial charge in [0.25, 0.3) is 5.91 Å². The van der Waals surface area contributed by atoms with Crippen molar-refractivity contribution in [3.63, 3.8) is 0 Å². The molecular formula is C35H51ClN2O4S2. The number of aliphatic hydroxyl groups is 1.